The molecule has 0 bridgehead atoms. The highest BCUT2D eigenvalue weighted by molar-refractivity contribution is 4.85. The lowest BCUT2D eigenvalue weighted by atomic mass is 9.70. The van der Waals surface area contributed by atoms with Crippen LogP contribution in [0.2, 0.25) is 0 Å². The minimum Gasteiger partial charge on any atom is -0.244 e. The summed E-state index contributed by atoms with van der Waals surface area (Å²) in [4.78, 5) is 0. The maximum absolute atomic E-state index is 13.6. The average molecular weight is 198 g/mol. The minimum absolute atomic E-state index is 0.814. The van der Waals surface area contributed by atoms with Crippen molar-refractivity contribution < 1.29 is 4.39 Å². The quantitative estimate of drug-likeness (QED) is 0.582. The Bertz CT molecular complexity index is 170. The highest BCUT2D eigenvalue weighted by Gasteiger charge is 2.34. The first kappa shape index (κ1) is 10.4. The first-order valence-corrected chi connectivity index (χ1v) is 6.36. The summed E-state index contributed by atoms with van der Waals surface area (Å²) in [6.07, 6.45) is 11.1. The van der Waals surface area contributed by atoms with E-state index in [1.54, 1.807) is 6.92 Å². The molecule has 0 amide bonds. The van der Waals surface area contributed by atoms with Crippen molar-refractivity contribution in [3.63, 3.8) is 0 Å². The molecule has 82 valence electrons. The molecule has 0 aliphatic heterocycles. The minimum atomic E-state index is -0.842. The Balaban J connectivity index is 1.82. The van der Waals surface area contributed by atoms with E-state index >= 15 is 0 Å². The fourth-order valence-electron chi connectivity index (χ4n) is 3.32. The molecule has 0 aromatic rings. The van der Waals surface area contributed by atoms with Crippen molar-refractivity contribution in [1.29, 1.82) is 0 Å². The summed E-state index contributed by atoms with van der Waals surface area (Å²) < 4.78 is 13.6. The van der Waals surface area contributed by atoms with Crippen LogP contribution in [-0.2, 0) is 0 Å². The van der Waals surface area contributed by atoms with Gasteiger partial charge in [-0.3, -0.25) is 0 Å². The van der Waals surface area contributed by atoms with E-state index in [0.29, 0.717) is 0 Å². The zero-order valence-corrected chi connectivity index (χ0v) is 9.40. The second kappa shape index (κ2) is 4.20. The molecule has 0 N–H and O–H groups in total. The van der Waals surface area contributed by atoms with Gasteiger partial charge in [0.25, 0.3) is 0 Å². The second-order valence-corrected chi connectivity index (χ2v) is 5.65. The summed E-state index contributed by atoms with van der Waals surface area (Å²) in [6.45, 7) is 1.78. The molecule has 0 radical (unpaired) electrons. The molecule has 0 atom stereocenters. The van der Waals surface area contributed by atoms with Crippen LogP contribution in [-0.4, -0.2) is 5.67 Å². The van der Waals surface area contributed by atoms with E-state index in [-0.39, 0.29) is 0 Å². The maximum Gasteiger partial charge on any atom is 0.108 e. The molecule has 0 heterocycles. The molecule has 2 aliphatic rings. The van der Waals surface area contributed by atoms with Crippen LogP contribution in [0.4, 0.5) is 4.39 Å². The van der Waals surface area contributed by atoms with E-state index in [1.165, 1.54) is 32.1 Å². The summed E-state index contributed by atoms with van der Waals surface area (Å²) in [7, 11) is 0. The van der Waals surface area contributed by atoms with Gasteiger partial charge >= 0.3 is 0 Å². The van der Waals surface area contributed by atoms with Gasteiger partial charge in [0.2, 0.25) is 0 Å². The molecule has 0 saturated heterocycles. The Morgan fingerprint density at radius 1 is 0.857 bits per heavy atom. The van der Waals surface area contributed by atoms with Crippen LogP contribution >= 0.6 is 0 Å². The summed E-state index contributed by atoms with van der Waals surface area (Å²) in [5, 5.41) is 0. The first-order valence-electron chi connectivity index (χ1n) is 6.36. The predicted octanol–water partition coefficient (Wildman–Crippen LogP) is 4.49. The molecule has 2 rings (SSSR count). The lowest BCUT2D eigenvalue weighted by molar-refractivity contribution is 0.0741. The third kappa shape index (κ3) is 2.49. The van der Waals surface area contributed by atoms with Crippen LogP contribution in [0.1, 0.15) is 64.7 Å². The summed E-state index contributed by atoms with van der Waals surface area (Å²) in [5.74, 6) is 1.80. The summed E-state index contributed by atoms with van der Waals surface area (Å²) in [5.41, 5.74) is -0.842. The van der Waals surface area contributed by atoms with Gasteiger partial charge in [0.05, 0.1) is 0 Å². The van der Waals surface area contributed by atoms with Gasteiger partial charge < -0.3 is 0 Å². The number of alkyl halides is 1. The molecule has 2 fully saturated rings. The van der Waals surface area contributed by atoms with Crippen LogP contribution < -0.4 is 0 Å². The molecule has 0 aromatic carbocycles. The van der Waals surface area contributed by atoms with Gasteiger partial charge in [0, 0.05) is 0 Å². The summed E-state index contributed by atoms with van der Waals surface area (Å²) >= 11 is 0. The SMILES string of the molecule is CC1(F)CCC(C2CCCCC2)CC1. The number of halogens is 1. The Morgan fingerprint density at radius 2 is 1.36 bits per heavy atom. The molecule has 2 saturated carbocycles. The van der Waals surface area contributed by atoms with Crippen molar-refractivity contribution in [2.24, 2.45) is 11.8 Å². The van der Waals surface area contributed by atoms with E-state index in [0.717, 1.165) is 37.5 Å². The van der Waals surface area contributed by atoms with Crippen molar-refractivity contribution >= 4 is 0 Å². The van der Waals surface area contributed by atoms with E-state index in [4.69, 9.17) is 0 Å². The molecule has 2 aliphatic carbocycles. The van der Waals surface area contributed by atoms with Gasteiger partial charge in [-0.15, -0.1) is 0 Å². The van der Waals surface area contributed by atoms with Crippen LogP contribution in [0, 0.1) is 11.8 Å². The van der Waals surface area contributed by atoms with Crippen LogP contribution in [0.25, 0.3) is 0 Å². The lowest BCUT2D eigenvalue weighted by Crippen LogP contribution is -2.30. The molecular weight excluding hydrogens is 175 g/mol. The van der Waals surface area contributed by atoms with Gasteiger partial charge in [-0.2, -0.15) is 0 Å². The van der Waals surface area contributed by atoms with Crippen molar-refractivity contribution in [1.82, 2.24) is 0 Å². The van der Waals surface area contributed by atoms with E-state index in [1.807, 2.05) is 0 Å². The highest BCUT2D eigenvalue weighted by atomic mass is 19.1. The number of hydrogen-bond acceptors (Lipinski definition) is 0. The third-order valence-electron chi connectivity index (χ3n) is 4.39. The van der Waals surface area contributed by atoms with Crippen molar-refractivity contribution in [2.45, 2.75) is 70.4 Å². The Morgan fingerprint density at radius 3 is 1.93 bits per heavy atom. The molecule has 1 heteroatoms. The first-order chi connectivity index (χ1) is 6.67. The molecule has 0 aromatic heterocycles. The van der Waals surface area contributed by atoms with Gasteiger partial charge in [-0.05, 0) is 44.4 Å². The normalized spacial score (nSPS) is 41.1. The second-order valence-electron chi connectivity index (χ2n) is 5.65. The van der Waals surface area contributed by atoms with Gasteiger partial charge in [0.15, 0.2) is 0 Å². The zero-order chi connectivity index (χ0) is 10.0. The van der Waals surface area contributed by atoms with Crippen LogP contribution in [0.3, 0.4) is 0 Å². The Hall–Kier alpha value is -0.0700. The number of rotatable bonds is 1. The zero-order valence-electron chi connectivity index (χ0n) is 9.40. The smallest absolute Gasteiger partial charge is 0.108 e. The molecule has 0 nitrogen and oxygen atoms in total. The summed E-state index contributed by atoms with van der Waals surface area (Å²) in [6, 6.07) is 0. The van der Waals surface area contributed by atoms with Gasteiger partial charge in [0.1, 0.15) is 5.67 Å². The topological polar surface area (TPSA) is 0 Å². The largest absolute Gasteiger partial charge is 0.244 e. The molecule has 14 heavy (non-hydrogen) atoms. The molecule has 0 spiro atoms. The third-order valence-corrected chi connectivity index (χ3v) is 4.39. The van der Waals surface area contributed by atoms with Crippen LogP contribution in [0.5, 0.6) is 0 Å². The van der Waals surface area contributed by atoms with Crippen molar-refractivity contribution in [3.05, 3.63) is 0 Å². The predicted molar refractivity (Wildman–Crippen MR) is 58.0 cm³/mol. The van der Waals surface area contributed by atoms with E-state index in [9.17, 15) is 4.39 Å². The maximum atomic E-state index is 13.6. The van der Waals surface area contributed by atoms with Crippen LogP contribution in [0.15, 0.2) is 0 Å². The van der Waals surface area contributed by atoms with Gasteiger partial charge in [-0.1, -0.05) is 32.1 Å². The highest BCUT2D eigenvalue weighted by Crippen LogP contribution is 2.42. The van der Waals surface area contributed by atoms with Crippen molar-refractivity contribution in [2.75, 3.05) is 0 Å². The monoisotopic (exact) mass is 198 g/mol. The molecular formula is C13H23F. The fraction of sp³-hybridized carbons (Fsp3) is 1.00. The van der Waals surface area contributed by atoms with E-state index < -0.39 is 5.67 Å². The van der Waals surface area contributed by atoms with E-state index in [2.05, 4.69) is 0 Å². The Labute approximate surface area is 87.3 Å². The standard InChI is InChI=1S/C13H23F/c1-13(14)9-7-12(8-10-13)11-5-3-2-4-6-11/h11-12H,2-10H2,1H3. The molecule has 0 unspecified atom stereocenters. The van der Waals surface area contributed by atoms with Gasteiger partial charge in [-0.25, -0.2) is 4.39 Å². The fourth-order valence-corrected chi connectivity index (χ4v) is 3.32. The lowest BCUT2D eigenvalue weighted by Gasteiger charge is -2.37. The average Bonchev–Trinajstić information content (AvgIpc) is 2.19. The van der Waals surface area contributed by atoms with Crippen molar-refractivity contribution in [3.8, 4) is 0 Å². The Kier molecular flexibility index (Phi) is 3.14. The number of hydrogen-bond donors (Lipinski definition) is 0.